The van der Waals surface area contributed by atoms with Gasteiger partial charge in [-0.15, -0.1) is 11.8 Å². The van der Waals surface area contributed by atoms with E-state index in [9.17, 15) is 4.79 Å². The van der Waals surface area contributed by atoms with Crippen LogP contribution in [0.1, 0.15) is 18.4 Å². The van der Waals surface area contributed by atoms with Gasteiger partial charge in [0.05, 0.1) is 5.92 Å². The Labute approximate surface area is 97.6 Å². The fraction of sp³-hybridized carbons (Fsp3) is 0.364. The van der Waals surface area contributed by atoms with Gasteiger partial charge in [-0.1, -0.05) is 18.5 Å². The second-order valence-electron chi connectivity index (χ2n) is 3.73. The normalized spacial score (nSPS) is 21.1. The van der Waals surface area contributed by atoms with Crippen LogP contribution in [0.3, 0.4) is 0 Å². The number of aliphatic carboxylic acids is 1. The Hall–Kier alpha value is -0.670. The number of fused-ring (bicyclic) bond motifs is 1. The summed E-state index contributed by atoms with van der Waals surface area (Å²) in [6.07, 6.45) is 0. The molecule has 80 valence electrons. The van der Waals surface area contributed by atoms with Crippen molar-refractivity contribution in [3.05, 3.63) is 28.8 Å². The molecule has 1 aromatic rings. The molecule has 1 heterocycles. The van der Waals surface area contributed by atoms with E-state index in [4.69, 9.17) is 16.7 Å². The molecule has 0 aromatic heterocycles. The van der Waals surface area contributed by atoms with Crippen molar-refractivity contribution in [2.24, 2.45) is 5.92 Å². The van der Waals surface area contributed by atoms with Crippen molar-refractivity contribution in [2.75, 3.05) is 5.75 Å². The molecule has 2 rings (SSSR count). The number of hydrogen-bond acceptors (Lipinski definition) is 2. The SMILES string of the molecule is CC(C(=O)O)C1CSc2ccc(Cl)cc21. The number of benzene rings is 1. The molecule has 4 heteroatoms. The summed E-state index contributed by atoms with van der Waals surface area (Å²) >= 11 is 7.62. The third-order valence-corrected chi connectivity index (χ3v) is 4.23. The van der Waals surface area contributed by atoms with Crippen LogP contribution in [0.5, 0.6) is 0 Å². The monoisotopic (exact) mass is 242 g/mol. The third kappa shape index (κ3) is 1.99. The fourth-order valence-electron chi connectivity index (χ4n) is 1.80. The van der Waals surface area contributed by atoms with E-state index in [0.29, 0.717) is 5.02 Å². The first kappa shape index (κ1) is 10.8. The summed E-state index contributed by atoms with van der Waals surface area (Å²) in [7, 11) is 0. The molecular weight excluding hydrogens is 232 g/mol. The van der Waals surface area contributed by atoms with Crippen LogP contribution >= 0.6 is 23.4 Å². The Morgan fingerprint density at radius 2 is 2.40 bits per heavy atom. The number of thioether (sulfide) groups is 1. The van der Waals surface area contributed by atoms with Crippen LogP contribution in [-0.4, -0.2) is 16.8 Å². The van der Waals surface area contributed by atoms with Gasteiger partial charge in [-0.2, -0.15) is 0 Å². The van der Waals surface area contributed by atoms with Crippen LogP contribution in [0.25, 0.3) is 0 Å². The molecule has 0 aliphatic carbocycles. The largest absolute Gasteiger partial charge is 0.481 e. The number of carbonyl (C=O) groups is 1. The zero-order valence-electron chi connectivity index (χ0n) is 8.24. The lowest BCUT2D eigenvalue weighted by Gasteiger charge is -2.15. The molecule has 0 saturated heterocycles. The van der Waals surface area contributed by atoms with Gasteiger partial charge < -0.3 is 5.11 Å². The van der Waals surface area contributed by atoms with E-state index < -0.39 is 5.97 Å². The summed E-state index contributed by atoms with van der Waals surface area (Å²) in [6.45, 7) is 1.75. The maximum Gasteiger partial charge on any atom is 0.306 e. The zero-order valence-corrected chi connectivity index (χ0v) is 9.81. The van der Waals surface area contributed by atoms with E-state index >= 15 is 0 Å². The van der Waals surface area contributed by atoms with Crippen molar-refractivity contribution in [3.63, 3.8) is 0 Å². The van der Waals surface area contributed by atoms with Crippen molar-refractivity contribution in [3.8, 4) is 0 Å². The lowest BCUT2D eigenvalue weighted by atomic mass is 9.89. The van der Waals surface area contributed by atoms with Crippen LogP contribution < -0.4 is 0 Å². The Kier molecular flexibility index (Phi) is 2.94. The van der Waals surface area contributed by atoms with Crippen LogP contribution in [0.2, 0.25) is 5.02 Å². The number of hydrogen-bond donors (Lipinski definition) is 1. The van der Waals surface area contributed by atoms with Gasteiger partial charge >= 0.3 is 5.97 Å². The van der Waals surface area contributed by atoms with E-state index in [1.807, 2.05) is 18.2 Å². The van der Waals surface area contributed by atoms with Gasteiger partial charge in [0.25, 0.3) is 0 Å². The van der Waals surface area contributed by atoms with Crippen molar-refractivity contribution in [2.45, 2.75) is 17.7 Å². The van der Waals surface area contributed by atoms with Crippen molar-refractivity contribution < 1.29 is 9.90 Å². The summed E-state index contributed by atoms with van der Waals surface area (Å²) in [5.74, 6) is -0.171. The predicted molar refractivity (Wildman–Crippen MR) is 61.7 cm³/mol. The van der Waals surface area contributed by atoms with Gasteiger partial charge in [0, 0.05) is 21.6 Å². The molecule has 2 atom stereocenters. The fourth-order valence-corrected chi connectivity index (χ4v) is 3.34. The molecule has 0 saturated carbocycles. The molecule has 0 radical (unpaired) electrons. The Morgan fingerprint density at radius 1 is 1.67 bits per heavy atom. The number of carboxylic acids is 1. The average molecular weight is 243 g/mol. The highest BCUT2D eigenvalue weighted by Gasteiger charge is 2.31. The van der Waals surface area contributed by atoms with Gasteiger partial charge in [0.15, 0.2) is 0 Å². The predicted octanol–water partition coefficient (Wildman–Crippen LogP) is 3.25. The van der Waals surface area contributed by atoms with Gasteiger partial charge in [0.2, 0.25) is 0 Å². The molecule has 0 bridgehead atoms. The number of carboxylic acid groups (broad SMARTS) is 1. The van der Waals surface area contributed by atoms with Crippen LogP contribution in [0, 0.1) is 5.92 Å². The zero-order chi connectivity index (χ0) is 11.0. The van der Waals surface area contributed by atoms with Gasteiger partial charge in [-0.3, -0.25) is 4.79 Å². The minimum Gasteiger partial charge on any atom is -0.481 e. The summed E-state index contributed by atoms with van der Waals surface area (Å²) < 4.78 is 0. The smallest absolute Gasteiger partial charge is 0.306 e. The maximum atomic E-state index is 10.9. The van der Waals surface area contributed by atoms with Crippen molar-refractivity contribution >= 4 is 29.3 Å². The van der Waals surface area contributed by atoms with Gasteiger partial charge in [0.1, 0.15) is 0 Å². The quantitative estimate of drug-likeness (QED) is 0.865. The molecular formula is C11H11ClO2S. The van der Waals surface area contributed by atoms with E-state index in [0.717, 1.165) is 16.2 Å². The van der Waals surface area contributed by atoms with Crippen LogP contribution in [0.4, 0.5) is 0 Å². The first-order valence-corrected chi connectivity index (χ1v) is 6.11. The third-order valence-electron chi connectivity index (χ3n) is 2.78. The lowest BCUT2D eigenvalue weighted by molar-refractivity contribution is -0.141. The Balaban J connectivity index is 2.35. The van der Waals surface area contributed by atoms with Gasteiger partial charge in [-0.05, 0) is 23.8 Å². The van der Waals surface area contributed by atoms with E-state index in [2.05, 4.69) is 0 Å². The first-order valence-electron chi connectivity index (χ1n) is 4.74. The van der Waals surface area contributed by atoms with Crippen molar-refractivity contribution in [1.82, 2.24) is 0 Å². The molecule has 2 nitrogen and oxygen atoms in total. The van der Waals surface area contributed by atoms with E-state index in [-0.39, 0.29) is 11.8 Å². The summed E-state index contributed by atoms with van der Waals surface area (Å²) in [5, 5.41) is 9.67. The molecule has 0 amide bonds. The Bertz CT molecular complexity index is 406. The molecule has 0 spiro atoms. The molecule has 1 aliphatic rings. The Morgan fingerprint density at radius 3 is 3.07 bits per heavy atom. The second-order valence-corrected chi connectivity index (χ2v) is 5.22. The molecule has 15 heavy (non-hydrogen) atoms. The van der Waals surface area contributed by atoms with Crippen molar-refractivity contribution in [1.29, 1.82) is 0 Å². The molecule has 1 N–H and O–H groups in total. The summed E-state index contributed by atoms with van der Waals surface area (Å²) in [6, 6.07) is 5.71. The van der Waals surface area contributed by atoms with Crippen LogP contribution in [-0.2, 0) is 4.79 Å². The highest BCUT2D eigenvalue weighted by molar-refractivity contribution is 7.99. The summed E-state index contributed by atoms with van der Waals surface area (Å²) in [4.78, 5) is 12.1. The summed E-state index contributed by atoms with van der Waals surface area (Å²) in [5.41, 5.74) is 1.09. The van der Waals surface area contributed by atoms with Crippen LogP contribution in [0.15, 0.2) is 23.1 Å². The van der Waals surface area contributed by atoms with E-state index in [1.54, 1.807) is 18.7 Å². The molecule has 0 fully saturated rings. The minimum absolute atomic E-state index is 0.0844. The number of halogens is 1. The molecule has 1 aliphatic heterocycles. The topological polar surface area (TPSA) is 37.3 Å². The highest BCUT2D eigenvalue weighted by atomic mass is 35.5. The minimum atomic E-state index is -0.742. The first-order chi connectivity index (χ1) is 7.09. The lowest BCUT2D eigenvalue weighted by Crippen LogP contribution is -2.18. The number of rotatable bonds is 2. The maximum absolute atomic E-state index is 10.9. The highest BCUT2D eigenvalue weighted by Crippen LogP contribution is 2.44. The van der Waals surface area contributed by atoms with Gasteiger partial charge in [-0.25, -0.2) is 0 Å². The molecule has 1 aromatic carbocycles. The van der Waals surface area contributed by atoms with E-state index in [1.165, 1.54) is 0 Å². The standard InChI is InChI=1S/C11H11ClO2S/c1-6(11(13)14)9-5-15-10-3-2-7(12)4-8(9)10/h2-4,6,9H,5H2,1H3,(H,13,14). The second kappa shape index (κ2) is 4.06. The molecule has 2 unspecified atom stereocenters. The average Bonchev–Trinajstić information content (AvgIpc) is 2.59.